The number of aromatic hydroxyl groups is 1. The van der Waals surface area contributed by atoms with E-state index in [9.17, 15) is 19.9 Å². The number of esters is 1. The molecule has 6 rings (SSSR count). The Balaban J connectivity index is 1.48. The largest absolute Gasteiger partial charge is 0.502 e. The molecule has 4 atom stereocenters. The van der Waals surface area contributed by atoms with Gasteiger partial charge in [-0.2, -0.15) is 0 Å². The van der Waals surface area contributed by atoms with E-state index in [-0.39, 0.29) is 48.9 Å². The molecule has 1 radical (unpaired) electrons. The van der Waals surface area contributed by atoms with Crippen LogP contribution in [0.2, 0.25) is 0 Å². The van der Waals surface area contributed by atoms with Crippen LogP contribution >= 0.6 is 0 Å². The average Bonchev–Trinajstić information content (AvgIpc) is 3.56. The van der Waals surface area contributed by atoms with Gasteiger partial charge in [0, 0.05) is 22.9 Å². The summed E-state index contributed by atoms with van der Waals surface area (Å²) >= 11 is 0. The molecule has 3 aliphatic heterocycles. The second-order valence-corrected chi connectivity index (χ2v) is 12.5. The van der Waals surface area contributed by atoms with E-state index in [4.69, 9.17) is 23.7 Å². The zero-order valence-electron chi connectivity index (χ0n) is 24.5. The zero-order chi connectivity index (χ0) is 30.1. The van der Waals surface area contributed by atoms with Gasteiger partial charge in [0.2, 0.25) is 18.4 Å². The Kier molecular flexibility index (Phi) is 6.58. The van der Waals surface area contributed by atoms with E-state index in [1.807, 2.05) is 26.0 Å². The first-order chi connectivity index (χ1) is 19.9. The monoisotopic (exact) mass is 579 g/mol. The van der Waals surface area contributed by atoms with Crippen molar-refractivity contribution < 1.29 is 43.6 Å². The van der Waals surface area contributed by atoms with Gasteiger partial charge in [-0.05, 0) is 75.1 Å². The lowest BCUT2D eigenvalue weighted by Gasteiger charge is -2.45. The number of benzene rings is 2. The summed E-state index contributed by atoms with van der Waals surface area (Å²) in [6.07, 6.45) is 1.99. The van der Waals surface area contributed by atoms with Crippen molar-refractivity contribution in [3.8, 4) is 28.7 Å². The third-order valence-electron chi connectivity index (χ3n) is 8.85. The minimum Gasteiger partial charge on any atom is -0.502 e. The first-order valence-corrected chi connectivity index (χ1v) is 13.9. The molecule has 0 spiro atoms. The molecule has 42 heavy (non-hydrogen) atoms. The Labute approximate surface area is 243 Å². The molecule has 11 nitrogen and oxygen atoms in total. The highest BCUT2D eigenvalue weighted by molar-refractivity contribution is 5.94. The number of carbonyl (C=O) groups is 2. The minimum atomic E-state index is -0.873. The molecule has 1 aliphatic carbocycles. The summed E-state index contributed by atoms with van der Waals surface area (Å²) in [7, 11) is 2.88. The van der Waals surface area contributed by atoms with E-state index >= 15 is 0 Å². The van der Waals surface area contributed by atoms with Crippen LogP contribution in [0.3, 0.4) is 0 Å². The molecule has 0 aromatic heterocycles. The summed E-state index contributed by atoms with van der Waals surface area (Å²) in [5, 5.41) is 27.7. The van der Waals surface area contributed by atoms with Gasteiger partial charge in [-0.1, -0.05) is 6.08 Å². The first kappa shape index (κ1) is 28.2. The van der Waals surface area contributed by atoms with Gasteiger partial charge in [-0.25, -0.2) is 0 Å². The van der Waals surface area contributed by atoms with Crippen LogP contribution < -0.4 is 24.3 Å². The summed E-state index contributed by atoms with van der Waals surface area (Å²) in [6.45, 7) is 7.38. The van der Waals surface area contributed by atoms with Crippen molar-refractivity contribution in [1.29, 1.82) is 0 Å². The van der Waals surface area contributed by atoms with E-state index in [0.29, 0.717) is 22.6 Å². The topological polar surface area (TPSA) is 136 Å². The maximum atomic E-state index is 13.9. The summed E-state index contributed by atoms with van der Waals surface area (Å²) in [6, 6.07) is 6.48. The number of nitrogens with zero attached hydrogens (tertiary/aromatic N) is 1. The molecule has 11 heteroatoms. The maximum Gasteiger partial charge on any atom is 0.310 e. The second kappa shape index (κ2) is 9.81. The lowest BCUT2D eigenvalue weighted by atomic mass is 9.65. The first-order valence-electron chi connectivity index (χ1n) is 13.9. The highest BCUT2D eigenvalue weighted by atomic mass is 16.7. The summed E-state index contributed by atoms with van der Waals surface area (Å²) in [4.78, 5) is 27.3. The van der Waals surface area contributed by atoms with Crippen LogP contribution in [-0.4, -0.2) is 60.7 Å². The summed E-state index contributed by atoms with van der Waals surface area (Å²) in [5.41, 5.74) is 1.05. The number of phenolic OH excluding ortho intramolecular Hbond substituents is 1. The molecule has 3 heterocycles. The van der Waals surface area contributed by atoms with Crippen molar-refractivity contribution in [2.24, 2.45) is 11.8 Å². The Morgan fingerprint density at radius 1 is 1.00 bits per heavy atom. The highest BCUT2D eigenvalue weighted by Crippen LogP contribution is 2.55. The fraction of sp³-hybridized carbons (Fsp3) is 0.484. The fourth-order valence-corrected chi connectivity index (χ4v) is 7.07. The predicted molar refractivity (Wildman–Crippen MR) is 148 cm³/mol. The lowest BCUT2D eigenvalue weighted by molar-refractivity contribution is -0.263. The highest BCUT2D eigenvalue weighted by Gasteiger charge is 2.53. The van der Waals surface area contributed by atoms with Gasteiger partial charge >= 0.3 is 5.97 Å². The molecule has 1 fully saturated rings. The molecule has 0 bridgehead atoms. The number of carbonyl (C=O) groups excluding carboxylic acids is 2. The normalized spacial score (nSPS) is 26.9. The van der Waals surface area contributed by atoms with Crippen LogP contribution in [0.1, 0.15) is 62.8 Å². The van der Waals surface area contributed by atoms with E-state index < -0.39 is 34.9 Å². The fourth-order valence-electron chi connectivity index (χ4n) is 7.07. The number of ether oxygens (including phenoxy) is 5. The van der Waals surface area contributed by atoms with Crippen LogP contribution in [0, 0.1) is 11.8 Å². The van der Waals surface area contributed by atoms with Crippen LogP contribution in [0.5, 0.6) is 28.7 Å². The van der Waals surface area contributed by atoms with Crippen LogP contribution in [0.15, 0.2) is 35.9 Å². The number of amides is 1. The molecular formula is C31H35N2O9. The van der Waals surface area contributed by atoms with Gasteiger partial charge in [-0.15, -0.1) is 10.3 Å². The molecule has 2 aromatic carbocycles. The quantitative estimate of drug-likeness (QED) is 0.508. The lowest BCUT2D eigenvalue weighted by Crippen LogP contribution is -2.56. The Morgan fingerprint density at radius 3 is 2.21 bits per heavy atom. The van der Waals surface area contributed by atoms with Crippen LogP contribution in [0.25, 0.3) is 0 Å². The third-order valence-corrected chi connectivity index (χ3v) is 8.85. The second-order valence-electron chi connectivity index (χ2n) is 12.5. The number of phenols is 1. The van der Waals surface area contributed by atoms with Gasteiger partial charge in [0.25, 0.3) is 0 Å². The molecule has 223 valence electrons. The van der Waals surface area contributed by atoms with Crippen LogP contribution in [0.4, 0.5) is 0 Å². The number of nitrogens with one attached hydrogen (secondary N) is 1. The molecule has 1 saturated heterocycles. The van der Waals surface area contributed by atoms with Crippen LogP contribution in [-0.2, 0) is 19.5 Å². The Hall–Kier alpha value is -3.96. The smallest absolute Gasteiger partial charge is 0.310 e. The zero-order valence-corrected chi connectivity index (χ0v) is 24.5. The van der Waals surface area contributed by atoms with Crippen molar-refractivity contribution in [3.63, 3.8) is 0 Å². The maximum absolute atomic E-state index is 13.9. The van der Waals surface area contributed by atoms with Crippen molar-refractivity contribution in [3.05, 3.63) is 52.6 Å². The number of hydrogen-bond acceptors (Lipinski definition) is 9. The molecular weight excluding hydrogens is 544 g/mol. The number of hydrogen-bond donors (Lipinski definition) is 2. The predicted octanol–water partition coefficient (Wildman–Crippen LogP) is 3.76. The summed E-state index contributed by atoms with van der Waals surface area (Å²) in [5.74, 6) is -0.964. The van der Waals surface area contributed by atoms with E-state index in [1.165, 1.54) is 14.2 Å². The SMILES string of the molecule is COc1cc([C@@H]2c3cc4c(cc3[C@@H](NC(=O)C3=CC(C)(C)N([O])C(C)(C)C3)C3COC(=O)[C@@H]32)OCO4)cc(OC)c1O. The molecule has 2 aromatic rings. The molecule has 4 aliphatic rings. The number of rotatable bonds is 5. The van der Waals surface area contributed by atoms with Crippen molar-refractivity contribution in [2.75, 3.05) is 27.6 Å². The minimum absolute atomic E-state index is 0.0540. The van der Waals surface area contributed by atoms with Gasteiger partial charge in [-0.3, -0.25) is 9.59 Å². The van der Waals surface area contributed by atoms with E-state index in [0.717, 1.165) is 16.2 Å². The van der Waals surface area contributed by atoms with Gasteiger partial charge in [0.15, 0.2) is 23.0 Å². The van der Waals surface area contributed by atoms with Gasteiger partial charge < -0.3 is 34.1 Å². The van der Waals surface area contributed by atoms with Crippen molar-refractivity contribution in [1.82, 2.24) is 10.4 Å². The van der Waals surface area contributed by atoms with Crippen molar-refractivity contribution in [2.45, 2.75) is 57.2 Å². The molecule has 0 saturated carbocycles. The molecule has 2 N–H and O–H groups in total. The Morgan fingerprint density at radius 2 is 1.62 bits per heavy atom. The van der Waals surface area contributed by atoms with E-state index in [2.05, 4.69) is 5.32 Å². The van der Waals surface area contributed by atoms with Gasteiger partial charge in [0.05, 0.1) is 38.3 Å². The molecule has 1 amide bonds. The molecule has 1 unspecified atom stereocenters. The number of fused-ring (bicyclic) bond motifs is 3. The Bertz CT molecular complexity index is 1470. The number of cyclic esters (lactones) is 1. The summed E-state index contributed by atoms with van der Waals surface area (Å²) < 4.78 is 27.9. The standard InChI is InChI=1S/C31H35N2O9/c1-30(2)11-16(12-31(3,4)33(30)37)28(35)32-26-18-10-21-20(41-14-42-21)9-17(18)24(25-19(26)13-40-29(25)36)15-7-22(38-5)27(34)23(8-15)39-6/h7-11,19,24-26,34H,12-14H2,1-6H3,(H,32,35)/t19?,24-,25+,26-/m1/s1. The average molecular weight is 580 g/mol. The number of methoxy groups -OCH3 is 2. The third kappa shape index (κ3) is 4.33. The van der Waals surface area contributed by atoms with Gasteiger partial charge in [0.1, 0.15) is 0 Å². The van der Waals surface area contributed by atoms with E-state index in [1.54, 1.807) is 32.1 Å². The number of hydroxylamine groups is 2. The van der Waals surface area contributed by atoms with Crippen molar-refractivity contribution >= 4 is 11.9 Å².